The number of ether oxygens (including phenoxy) is 1. The first kappa shape index (κ1) is 13.4. The molecular weight excluding hydrogens is 314 g/mol. The number of rotatable bonds is 3. The standard InChI is InChI=1S/C14H13BrClNO/c1-9-5-12(16)6-10(2)14(9)18-13-4-3-11(7-15)8-17-13/h3-6,8H,7H2,1-2H3. The fourth-order valence-electron chi connectivity index (χ4n) is 1.71. The van der Waals surface area contributed by atoms with Crippen LogP contribution in [-0.4, -0.2) is 4.98 Å². The summed E-state index contributed by atoms with van der Waals surface area (Å²) in [5, 5.41) is 1.51. The molecule has 0 spiro atoms. The average molecular weight is 327 g/mol. The van der Waals surface area contributed by atoms with Gasteiger partial charge >= 0.3 is 0 Å². The third kappa shape index (κ3) is 3.03. The van der Waals surface area contributed by atoms with Gasteiger partial charge in [0, 0.05) is 22.6 Å². The summed E-state index contributed by atoms with van der Waals surface area (Å²) < 4.78 is 5.81. The molecule has 0 aliphatic heterocycles. The van der Waals surface area contributed by atoms with Gasteiger partial charge in [0.2, 0.25) is 5.88 Å². The molecule has 0 bridgehead atoms. The zero-order chi connectivity index (χ0) is 13.1. The van der Waals surface area contributed by atoms with E-state index in [9.17, 15) is 0 Å². The SMILES string of the molecule is Cc1cc(Cl)cc(C)c1Oc1ccc(CBr)cn1. The zero-order valence-electron chi connectivity index (χ0n) is 10.2. The van der Waals surface area contributed by atoms with Gasteiger partial charge in [-0.2, -0.15) is 0 Å². The van der Waals surface area contributed by atoms with Crippen LogP contribution in [-0.2, 0) is 5.33 Å². The maximum Gasteiger partial charge on any atom is 0.219 e. The van der Waals surface area contributed by atoms with Crippen molar-refractivity contribution in [1.82, 2.24) is 4.98 Å². The Morgan fingerprint density at radius 2 is 1.89 bits per heavy atom. The van der Waals surface area contributed by atoms with E-state index in [4.69, 9.17) is 16.3 Å². The molecule has 0 radical (unpaired) electrons. The minimum absolute atomic E-state index is 0.591. The lowest BCUT2D eigenvalue weighted by Gasteiger charge is -2.11. The summed E-state index contributed by atoms with van der Waals surface area (Å²) in [5.74, 6) is 1.41. The molecule has 1 aromatic carbocycles. The summed E-state index contributed by atoms with van der Waals surface area (Å²) in [4.78, 5) is 4.26. The van der Waals surface area contributed by atoms with Crippen molar-refractivity contribution in [3.8, 4) is 11.6 Å². The van der Waals surface area contributed by atoms with Crippen molar-refractivity contribution in [2.75, 3.05) is 0 Å². The number of aromatic nitrogens is 1. The number of hydrogen-bond donors (Lipinski definition) is 0. The molecule has 1 aromatic heterocycles. The molecule has 0 aliphatic carbocycles. The molecule has 2 nitrogen and oxygen atoms in total. The van der Waals surface area contributed by atoms with Crippen molar-refractivity contribution in [2.24, 2.45) is 0 Å². The maximum atomic E-state index is 5.99. The van der Waals surface area contributed by atoms with Gasteiger partial charge in [-0.05, 0) is 42.7 Å². The van der Waals surface area contributed by atoms with Crippen LogP contribution in [0.2, 0.25) is 5.02 Å². The van der Waals surface area contributed by atoms with Crippen LogP contribution >= 0.6 is 27.5 Å². The van der Waals surface area contributed by atoms with Crippen molar-refractivity contribution in [3.63, 3.8) is 0 Å². The van der Waals surface area contributed by atoms with Crippen LogP contribution in [0.5, 0.6) is 11.6 Å². The number of hydrogen-bond acceptors (Lipinski definition) is 2. The first-order valence-electron chi connectivity index (χ1n) is 5.55. The summed E-state index contributed by atoms with van der Waals surface area (Å²) in [6.07, 6.45) is 1.80. The second-order valence-electron chi connectivity index (χ2n) is 4.11. The lowest BCUT2D eigenvalue weighted by Crippen LogP contribution is -1.93. The van der Waals surface area contributed by atoms with Crippen molar-refractivity contribution >= 4 is 27.5 Å². The average Bonchev–Trinajstić information content (AvgIpc) is 2.34. The Labute approximate surface area is 120 Å². The van der Waals surface area contributed by atoms with E-state index < -0.39 is 0 Å². The van der Waals surface area contributed by atoms with Gasteiger partial charge in [-0.3, -0.25) is 0 Å². The Morgan fingerprint density at radius 3 is 2.39 bits per heavy atom. The lowest BCUT2D eigenvalue weighted by atomic mass is 10.1. The summed E-state index contributed by atoms with van der Waals surface area (Å²) >= 11 is 9.37. The normalized spacial score (nSPS) is 10.4. The topological polar surface area (TPSA) is 22.1 Å². The van der Waals surface area contributed by atoms with E-state index in [0.29, 0.717) is 5.88 Å². The highest BCUT2D eigenvalue weighted by Gasteiger charge is 2.07. The van der Waals surface area contributed by atoms with Crippen LogP contribution in [0.4, 0.5) is 0 Å². The highest BCUT2D eigenvalue weighted by Crippen LogP contribution is 2.30. The van der Waals surface area contributed by atoms with Crippen molar-refractivity contribution < 1.29 is 4.74 Å². The van der Waals surface area contributed by atoms with Crippen LogP contribution in [0.1, 0.15) is 16.7 Å². The van der Waals surface area contributed by atoms with Crippen molar-refractivity contribution in [3.05, 3.63) is 52.2 Å². The van der Waals surface area contributed by atoms with E-state index in [1.807, 2.05) is 38.1 Å². The third-order valence-electron chi connectivity index (χ3n) is 2.58. The predicted molar refractivity (Wildman–Crippen MR) is 77.9 cm³/mol. The highest BCUT2D eigenvalue weighted by atomic mass is 79.9. The van der Waals surface area contributed by atoms with Crippen molar-refractivity contribution in [2.45, 2.75) is 19.2 Å². The molecule has 2 aromatic rings. The maximum absolute atomic E-state index is 5.99. The summed E-state index contributed by atoms with van der Waals surface area (Å²) in [7, 11) is 0. The number of nitrogens with zero attached hydrogens (tertiary/aromatic N) is 1. The Hall–Kier alpha value is -1.06. The van der Waals surface area contributed by atoms with Gasteiger partial charge in [0.15, 0.2) is 0 Å². The second kappa shape index (κ2) is 5.72. The molecule has 0 atom stereocenters. The van der Waals surface area contributed by atoms with E-state index in [-0.39, 0.29) is 0 Å². The van der Waals surface area contributed by atoms with E-state index >= 15 is 0 Å². The number of aryl methyl sites for hydroxylation is 2. The Morgan fingerprint density at radius 1 is 1.22 bits per heavy atom. The molecule has 0 aliphatic rings. The second-order valence-corrected chi connectivity index (χ2v) is 5.11. The van der Waals surface area contributed by atoms with Gasteiger partial charge < -0.3 is 4.74 Å². The number of pyridine rings is 1. The molecule has 94 valence electrons. The quantitative estimate of drug-likeness (QED) is 0.737. The van der Waals surface area contributed by atoms with Gasteiger partial charge in [-0.15, -0.1) is 0 Å². The van der Waals surface area contributed by atoms with Gasteiger partial charge in [0.25, 0.3) is 0 Å². The third-order valence-corrected chi connectivity index (χ3v) is 3.45. The summed E-state index contributed by atoms with van der Waals surface area (Å²) in [5.41, 5.74) is 3.13. The van der Waals surface area contributed by atoms with Gasteiger partial charge in [-0.25, -0.2) is 4.98 Å². The van der Waals surface area contributed by atoms with Crippen LogP contribution in [0.25, 0.3) is 0 Å². The highest BCUT2D eigenvalue weighted by molar-refractivity contribution is 9.08. The van der Waals surface area contributed by atoms with Gasteiger partial charge in [0.05, 0.1) is 0 Å². The predicted octanol–water partition coefficient (Wildman–Crippen LogP) is 5.04. The Bertz CT molecular complexity index is 531. The minimum Gasteiger partial charge on any atom is -0.438 e. The molecule has 0 fully saturated rings. The van der Waals surface area contributed by atoms with Crippen LogP contribution < -0.4 is 4.74 Å². The first-order chi connectivity index (χ1) is 8.60. The first-order valence-corrected chi connectivity index (χ1v) is 7.05. The van der Waals surface area contributed by atoms with E-state index in [0.717, 1.165) is 32.8 Å². The zero-order valence-corrected chi connectivity index (χ0v) is 12.5. The summed E-state index contributed by atoms with van der Waals surface area (Å²) in [6, 6.07) is 7.62. The van der Waals surface area contributed by atoms with Gasteiger partial charge in [0.1, 0.15) is 5.75 Å². The number of alkyl halides is 1. The van der Waals surface area contributed by atoms with E-state index in [1.165, 1.54) is 0 Å². The molecule has 18 heavy (non-hydrogen) atoms. The number of benzene rings is 1. The molecule has 0 N–H and O–H groups in total. The fraction of sp³-hybridized carbons (Fsp3) is 0.214. The van der Waals surface area contributed by atoms with E-state index in [2.05, 4.69) is 20.9 Å². The molecule has 0 saturated carbocycles. The van der Waals surface area contributed by atoms with Crippen LogP contribution in [0.15, 0.2) is 30.5 Å². The Balaban J connectivity index is 2.28. The summed E-state index contributed by atoms with van der Waals surface area (Å²) in [6.45, 7) is 3.95. The number of halogens is 2. The van der Waals surface area contributed by atoms with Crippen LogP contribution in [0, 0.1) is 13.8 Å². The molecule has 4 heteroatoms. The molecule has 0 amide bonds. The molecule has 0 saturated heterocycles. The monoisotopic (exact) mass is 325 g/mol. The Kier molecular flexibility index (Phi) is 4.25. The largest absolute Gasteiger partial charge is 0.438 e. The van der Waals surface area contributed by atoms with Crippen molar-refractivity contribution in [1.29, 1.82) is 0 Å². The van der Waals surface area contributed by atoms with Crippen LogP contribution in [0.3, 0.4) is 0 Å². The smallest absolute Gasteiger partial charge is 0.219 e. The molecule has 1 heterocycles. The molecule has 0 unspecified atom stereocenters. The van der Waals surface area contributed by atoms with E-state index in [1.54, 1.807) is 6.20 Å². The van der Waals surface area contributed by atoms with Gasteiger partial charge in [-0.1, -0.05) is 33.6 Å². The molecular formula is C14H13BrClNO. The minimum atomic E-state index is 0.591. The fourth-order valence-corrected chi connectivity index (χ4v) is 2.37. The lowest BCUT2D eigenvalue weighted by molar-refractivity contribution is 0.456. The molecule has 2 rings (SSSR count).